The molecule has 0 radical (unpaired) electrons. The highest BCUT2D eigenvalue weighted by Gasteiger charge is 2.03. The summed E-state index contributed by atoms with van der Waals surface area (Å²) >= 11 is 0. The lowest BCUT2D eigenvalue weighted by atomic mass is 10.1. The summed E-state index contributed by atoms with van der Waals surface area (Å²) in [6.45, 7) is 4.72. The second-order valence-electron chi connectivity index (χ2n) is 4.16. The van der Waals surface area contributed by atoms with Crippen molar-refractivity contribution in [1.29, 1.82) is 0 Å². The van der Waals surface area contributed by atoms with Crippen LogP contribution in [-0.2, 0) is 6.54 Å². The lowest BCUT2D eigenvalue weighted by Crippen LogP contribution is -2.06. The van der Waals surface area contributed by atoms with Crippen molar-refractivity contribution in [3.63, 3.8) is 0 Å². The SMILES string of the molecule is COc1cc(C)nc(NCc2ccccc2C)n1. The molecule has 0 fully saturated rings. The molecular formula is C14H17N3O. The zero-order chi connectivity index (χ0) is 13.0. The molecule has 94 valence electrons. The third kappa shape index (κ3) is 2.97. The van der Waals surface area contributed by atoms with Gasteiger partial charge in [-0.3, -0.25) is 0 Å². The Morgan fingerprint density at radius 3 is 2.67 bits per heavy atom. The first-order valence-electron chi connectivity index (χ1n) is 5.87. The quantitative estimate of drug-likeness (QED) is 0.897. The normalized spacial score (nSPS) is 10.2. The summed E-state index contributed by atoms with van der Waals surface area (Å²) in [6, 6.07) is 10.1. The van der Waals surface area contributed by atoms with Gasteiger partial charge in [0.25, 0.3) is 0 Å². The molecule has 2 rings (SSSR count). The van der Waals surface area contributed by atoms with E-state index in [4.69, 9.17) is 4.74 Å². The molecule has 1 aromatic carbocycles. The van der Waals surface area contributed by atoms with Crippen molar-refractivity contribution in [1.82, 2.24) is 9.97 Å². The van der Waals surface area contributed by atoms with Gasteiger partial charge >= 0.3 is 0 Å². The molecule has 4 nitrogen and oxygen atoms in total. The fourth-order valence-corrected chi connectivity index (χ4v) is 1.71. The zero-order valence-corrected chi connectivity index (χ0v) is 10.9. The maximum Gasteiger partial charge on any atom is 0.226 e. The van der Waals surface area contributed by atoms with Gasteiger partial charge in [0.05, 0.1) is 7.11 Å². The van der Waals surface area contributed by atoms with Gasteiger partial charge in [-0.25, -0.2) is 4.98 Å². The van der Waals surface area contributed by atoms with Gasteiger partial charge in [-0.15, -0.1) is 0 Å². The van der Waals surface area contributed by atoms with Gasteiger partial charge in [-0.05, 0) is 25.0 Å². The zero-order valence-electron chi connectivity index (χ0n) is 10.9. The van der Waals surface area contributed by atoms with Crippen molar-refractivity contribution >= 4 is 5.95 Å². The van der Waals surface area contributed by atoms with Crippen molar-refractivity contribution in [2.24, 2.45) is 0 Å². The van der Waals surface area contributed by atoms with E-state index in [-0.39, 0.29) is 0 Å². The second-order valence-corrected chi connectivity index (χ2v) is 4.16. The lowest BCUT2D eigenvalue weighted by molar-refractivity contribution is 0.397. The first-order valence-corrected chi connectivity index (χ1v) is 5.87. The van der Waals surface area contributed by atoms with Crippen LogP contribution in [0.3, 0.4) is 0 Å². The highest BCUT2D eigenvalue weighted by molar-refractivity contribution is 5.34. The molecule has 0 aliphatic rings. The molecule has 1 N–H and O–H groups in total. The van der Waals surface area contributed by atoms with E-state index >= 15 is 0 Å². The summed E-state index contributed by atoms with van der Waals surface area (Å²) in [5, 5.41) is 3.22. The molecule has 0 aliphatic heterocycles. The Morgan fingerprint density at radius 1 is 1.17 bits per heavy atom. The smallest absolute Gasteiger partial charge is 0.226 e. The summed E-state index contributed by atoms with van der Waals surface area (Å²) in [5.41, 5.74) is 3.38. The maximum absolute atomic E-state index is 5.12. The topological polar surface area (TPSA) is 47.0 Å². The summed E-state index contributed by atoms with van der Waals surface area (Å²) in [7, 11) is 1.60. The molecule has 18 heavy (non-hydrogen) atoms. The van der Waals surface area contributed by atoms with Crippen molar-refractivity contribution in [3.05, 3.63) is 47.2 Å². The van der Waals surface area contributed by atoms with Gasteiger partial charge in [-0.1, -0.05) is 24.3 Å². The van der Waals surface area contributed by atoms with E-state index in [0.29, 0.717) is 18.4 Å². The molecule has 0 amide bonds. The number of anilines is 1. The summed E-state index contributed by atoms with van der Waals surface area (Å²) < 4.78 is 5.12. The lowest BCUT2D eigenvalue weighted by Gasteiger charge is -2.09. The van der Waals surface area contributed by atoms with E-state index in [2.05, 4.69) is 34.3 Å². The Hall–Kier alpha value is -2.10. The van der Waals surface area contributed by atoms with Crippen molar-refractivity contribution < 1.29 is 4.74 Å². The summed E-state index contributed by atoms with van der Waals surface area (Å²) in [5.74, 6) is 1.17. The molecule has 4 heteroatoms. The van der Waals surface area contributed by atoms with Gasteiger partial charge in [0.2, 0.25) is 11.8 Å². The molecule has 0 saturated heterocycles. The molecule has 0 spiro atoms. The molecule has 0 bridgehead atoms. The van der Waals surface area contributed by atoms with Crippen LogP contribution in [0.15, 0.2) is 30.3 Å². The Morgan fingerprint density at radius 2 is 1.94 bits per heavy atom. The van der Waals surface area contributed by atoms with Crippen molar-refractivity contribution in [2.45, 2.75) is 20.4 Å². The molecule has 2 aromatic rings. The second kappa shape index (κ2) is 5.49. The molecular weight excluding hydrogens is 226 g/mol. The first kappa shape index (κ1) is 12.4. The molecule has 0 saturated carbocycles. The number of nitrogens with zero attached hydrogens (tertiary/aromatic N) is 2. The van der Waals surface area contributed by atoms with E-state index in [1.54, 1.807) is 13.2 Å². The van der Waals surface area contributed by atoms with E-state index < -0.39 is 0 Å². The van der Waals surface area contributed by atoms with Gasteiger partial charge in [-0.2, -0.15) is 4.98 Å². The largest absolute Gasteiger partial charge is 0.481 e. The van der Waals surface area contributed by atoms with Crippen LogP contribution in [0.25, 0.3) is 0 Å². The predicted octanol–water partition coefficient (Wildman–Crippen LogP) is 2.71. The number of benzene rings is 1. The van der Waals surface area contributed by atoms with Gasteiger partial charge in [0.1, 0.15) is 0 Å². The Bertz CT molecular complexity index is 540. The third-order valence-corrected chi connectivity index (χ3v) is 2.74. The predicted molar refractivity (Wildman–Crippen MR) is 71.8 cm³/mol. The third-order valence-electron chi connectivity index (χ3n) is 2.74. The fraction of sp³-hybridized carbons (Fsp3) is 0.286. The number of aryl methyl sites for hydroxylation is 2. The van der Waals surface area contributed by atoms with Gasteiger partial charge < -0.3 is 10.1 Å². The minimum Gasteiger partial charge on any atom is -0.481 e. The van der Waals surface area contributed by atoms with Crippen LogP contribution in [0, 0.1) is 13.8 Å². The van der Waals surface area contributed by atoms with Crippen LogP contribution in [0.1, 0.15) is 16.8 Å². The molecule has 1 heterocycles. The minimum atomic E-state index is 0.579. The van der Waals surface area contributed by atoms with Crippen molar-refractivity contribution in [2.75, 3.05) is 12.4 Å². The van der Waals surface area contributed by atoms with Gasteiger partial charge in [0, 0.05) is 18.3 Å². The number of ether oxygens (including phenoxy) is 1. The van der Waals surface area contributed by atoms with E-state index in [9.17, 15) is 0 Å². The number of methoxy groups -OCH3 is 1. The Labute approximate surface area is 107 Å². The van der Waals surface area contributed by atoms with E-state index in [0.717, 1.165) is 5.69 Å². The highest BCUT2D eigenvalue weighted by atomic mass is 16.5. The van der Waals surface area contributed by atoms with E-state index in [1.165, 1.54) is 11.1 Å². The maximum atomic E-state index is 5.12. The number of nitrogens with one attached hydrogen (secondary N) is 1. The Kier molecular flexibility index (Phi) is 3.77. The van der Waals surface area contributed by atoms with Crippen molar-refractivity contribution in [3.8, 4) is 5.88 Å². The van der Waals surface area contributed by atoms with Crippen LogP contribution in [0.5, 0.6) is 5.88 Å². The van der Waals surface area contributed by atoms with Crippen LogP contribution < -0.4 is 10.1 Å². The standard InChI is InChI=1S/C14H17N3O/c1-10-6-4-5-7-12(10)9-15-14-16-11(2)8-13(17-14)18-3/h4-8H,9H2,1-3H3,(H,15,16,17). The number of rotatable bonds is 4. The average Bonchev–Trinajstić information content (AvgIpc) is 2.37. The first-order chi connectivity index (χ1) is 8.69. The fourth-order valence-electron chi connectivity index (χ4n) is 1.71. The highest BCUT2D eigenvalue weighted by Crippen LogP contribution is 2.13. The molecule has 0 aliphatic carbocycles. The number of aromatic nitrogens is 2. The molecule has 1 aromatic heterocycles. The van der Waals surface area contributed by atoms with Crippen LogP contribution in [0.2, 0.25) is 0 Å². The monoisotopic (exact) mass is 243 g/mol. The number of hydrogen-bond acceptors (Lipinski definition) is 4. The van der Waals surface area contributed by atoms with Crippen LogP contribution in [-0.4, -0.2) is 17.1 Å². The Balaban J connectivity index is 2.11. The molecule has 0 atom stereocenters. The average molecular weight is 243 g/mol. The van der Waals surface area contributed by atoms with Gasteiger partial charge in [0.15, 0.2) is 0 Å². The number of hydrogen-bond donors (Lipinski definition) is 1. The molecule has 0 unspecified atom stereocenters. The summed E-state index contributed by atoms with van der Waals surface area (Å²) in [4.78, 5) is 8.58. The van der Waals surface area contributed by atoms with E-state index in [1.807, 2.05) is 19.1 Å². The van der Waals surface area contributed by atoms with Crippen LogP contribution in [0.4, 0.5) is 5.95 Å². The summed E-state index contributed by atoms with van der Waals surface area (Å²) in [6.07, 6.45) is 0. The minimum absolute atomic E-state index is 0.579. The van der Waals surface area contributed by atoms with Crippen LogP contribution >= 0.6 is 0 Å².